The third-order valence-electron chi connectivity index (χ3n) is 12.5. The van der Waals surface area contributed by atoms with E-state index in [4.69, 9.17) is 29.5 Å². The van der Waals surface area contributed by atoms with Crippen molar-refractivity contribution in [2.75, 3.05) is 0 Å². The second-order valence-electron chi connectivity index (χ2n) is 15.2. The molecule has 6 fully saturated rings. The fourth-order valence-electron chi connectivity index (χ4n) is 10.6. The summed E-state index contributed by atoms with van der Waals surface area (Å²) in [5.41, 5.74) is 7.36. The summed E-state index contributed by atoms with van der Waals surface area (Å²) in [4.78, 5) is 0. The average molecular weight is 720 g/mol. The minimum atomic E-state index is -1.77. The summed E-state index contributed by atoms with van der Waals surface area (Å²) in [5, 5.41) is 0. The van der Waals surface area contributed by atoms with Crippen LogP contribution < -0.4 is 0 Å². The van der Waals surface area contributed by atoms with Crippen molar-refractivity contribution >= 4 is 45.4 Å². The van der Waals surface area contributed by atoms with Crippen LogP contribution >= 0.6 is 45.4 Å². The standard InChI is InChI=1S/2C18H33P.3ClH.V/c2*1-4-10-16(11-5-1)19(17-12-6-2-7-13-17)18-14-8-3-9-15-18;;;;/h2*16-18H,1-15H2;3*1H;/q;;;;;+3/p-1. The number of rotatable bonds is 6. The Morgan fingerprint density at radius 3 is 0.500 bits per heavy atom. The van der Waals surface area contributed by atoms with E-state index >= 15 is 0 Å². The summed E-state index contributed by atoms with van der Waals surface area (Å²) in [5.74, 6) is 0. The van der Waals surface area contributed by atoms with E-state index in [2.05, 4.69) is 0 Å². The first-order valence-corrected chi connectivity index (χ1v) is 28.4. The quantitative estimate of drug-likeness (QED) is 0.240. The first-order valence-electron chi connectivity index (χ1n) is 19.1. The third-order valence-corrected chi connectivity index (χ3v) is 21.6. The molecule has 0 aliphatic heterocycles. The Bertz CT molecular complexity index is 518. The van der Waals surface area contributed by atoms with Crippen LogP contribution in [0.4, 0.5) is 0 Å². The molecule has 0 aromatic rings. The molecule has 42 heavy (non-hydrogen) atoms. The maximum atomic E-state index is 4.95. The van der Waals surface area contributed by atoms with Gasteiger partial charge in [0.2, 0.25) is 0 Å². The average Bonchev–Trinajstić information content (AvgIpc) is 3.05. The van der Waals surface area contributed by atoms with Gasteiger partial charge in [0.15, 0.2) is 0 Å². The van der Waals surface area contributed by atoms with Gasteiger partial charge in [0, 0.05) is 15.8 Å². The van der Waals surface area contributed by atoms with E-state index in [0.29, 0.717) is 0 Å². The molecule has 0 bridgehead atoms. The second kappa shape index (κ2) is 22.0. The molecule has 6 rings (SSSR count). The van der Waals surface area contributed by atoms with Crippen molar-refractivity contribution in [2.24, 2.45) is 0 Å². The van der Waals surface area contributed by atoms with Crippen LogP contribution in [-0.4, -0.2) is 34.0 Å². The first kappa shape index (κ1) is 37.1. The Balaban J connectivity index is 0.000000171. The molecule has 0 atom stereocenters. The van der Waals surface area contributed by atoms with E-state index in [1.807, 2.05) is 0 Å². The Hall–Kier alpha value is 2.31. The van der Waals surface area contributed by atoms with Gasteiger partial charge in [-0.05, 0) is 154 Å². The molecule has 6 saturated carbocycles. The normalized spacial score (nSPS) is 27.0. The van der Waals surface area contributed by atoms with Crippen LogP contribution in [0.3, 0.4) is 0 Å². The molecule has 0 unspecified atom stereocenters. The zero-order valence-corrected chi connectivity index (χ0v) is 32.9. The molecule has 0 amide bonds. The van der Waals surface area contributed by atoms with Crippen molar-refractivity contribution in [3.05, 3.63) is 0 Å². The summed E-state index contributed by atoms with van der Waals surface area (Å²) in [6, 6.07) is 0. The van der Waals surface area contributed by atoms with E-state index in [-0.39, 0.29) is 15.8 Å². The Morgan fingerprint density at radius 2 is 0.381 bits per heavy atom. The van der Waals surface area contributed by atoms with Gasteiger partial charge in [-0.1, -0.05) is 38.5 Å². The second-order valence-corrected chi connectivity index (χ2v) is 29.0. The summed E-state index contributed by atoms with van der Waals surface area (Å²) >= 11 is -1.77. The van der Waals surface area contributed by atoms with Gasteiger partial charge in [0.05, 0.1) is 34.0 Å². The molecule has 0 aromatic heterocycles. The van der Waals surface area contributed by atoms with E-state index in [1.54, 1.807) is 193 Å². The van der Waals surface area contributed by atoms with Gasteiger partial charge in [-0.25, -0.2) is 0 Å². The van der Waals surface area contributed by atoms with Crippen molar-refractivity contribution in [2.45, 2.75) is 227 Å². The van der Waals surface area contributed by atoms with Gasteiger partial charge in [-0.15, -0.1) is 0 Å². The molecule has 0 aromatic carbocycles. The Labute approximate surface area is 282 Å². The fraction of sp³-hybridized carbons (Fsp3) is 1.00. The molecule has 6 heteroatoms. The van der Waals surface area contributed by atoms with Gasteiger partial charge in [-0.3, -0.25) is 0 Å². The predicted molar refractivity (Wildman–Crippen MR) is 195 cm³/mol. The SMILES string of the molecule is C1CCC([PH+](C2CCCCC2)C2CCCCC2)CC1.C1CCC([PH+](C2CCCCC2)C2CCCCC2)CC1.[Cl][V]([Cl])[Cl]. The topological polar surface area (TPSA) is 0 Å². The monoisotopic (exact) mass is 718 g/mol. The van der Waals surface area contributed by atoms with Crippen molar-refractivity contribution in [3.63, 3.8) is 0 Å². The van der Waals surface area contributed by atoms with Crippen molar-refractivity contribution in [3.8, 4) is 0 Å². The van der Waals surface area contributed by atoms with Crippen LogP contribution in [0.5, 0.6) is 0 Å². The van der Waals surface area contributed by atoms with Crippen LogP contribution in [0.25, 0.3) is 0 Å². The molecule has 0 radical (unpaired) electrons. The van der Waals surface area contributed by atoms with Crippen molar-refractivity contribution < 1.29 is 12.3 Å². The molecule has 246 valence electrons. The number of hydrogen-bond donors (Lipinski definition) is 0. The fourth-order valence-corrected chi connectivity index (χ4v) is 21.1. The van der Waals surface area contributed by atoms with Crippen molar-refractivity contribution in [1.82, 2.24) is 0 Å². The van der Waals surface area contributed by atoms with Crippen LogP contribution in [0.2, 0.25) is 0 Å². The molecule has 6 aliphatic rings. The zero-order valence-electron chi connectivity index (χ0n) is 27.3. The van der Waals surface area contributed by atoms with Crippen LogP contribution in [-0.2, 0) is 12.3 Å². The van der Waals surface area contributed by atoms with Crippen LogP contribution in [0.1, 0.15) is 193 Å². The Kier molecular flexibility index (Phi) is 19.5. The molecule has 0 saturated heterocycles. The van der Waals surface area contributed by atoms with Gasteiger partial charge < -0.3 is 0 Å². The molecule has 6 aliphatic carbocycles. The van der Waals surface area contributed by atoms with E-state index < -0.39 is 12.3 Å². The van der Waals surface area contributed by atoms with Gasteiger partial charge in [-0.2, -0.15) is 0 Å². The molecule has 0 N–H and O–H groups in total. The summed E-state index contributed by atoms with van der Waals surface area (Å²) < 4.78 is 0. The Morgan fingerprint density at radius 1 is 0.262 bits per heavy atom. The summed E-state index contributed by atoms with van der Waals surface area (Å²) in [7, 11) is 14.8. The molecule has 0 spiro atoms. The van der Waals surface area contributed by atoms with Gasteiger partial charge >= 0.3 is 41.8 Å². The van der Waals surface area contributed by atoms with E-state index in [9.17, 15) is 0 Å². The molecule has 0 heterocycles. The van der Waals surface area contributed by atoms with Crippen LogP contribution in [0, 0.1) is 0 Å². The van der Waals surface area contributed by atoms with E-state index in [0.717, 1.165) is 0 Å². The number of halogens is 3. The summed E-state index contributed by atoms with van der Waals surface area (Å²) in [6.07, 6.45) is 47.6. The maximum absolute atomic E-state index is 4.95. The van der Waals surface area contributed by atoms with Gasteiger partial charge in [0.1, 0.15) is 0 Å². The molecular weight excluding hydrogens is 652 g/mol. The van der Waals surface area contributed by atoms with Crippen molar-refractivity contribution in [1.29, 1.82) is 0 Å². The zero-order chi connectivity index (χ0) is 29.4. The molecular formula is C36H68Cl3P2V+2. The van der Waals surface area contributed by atoms with Crippen LogP contribution in [0.15, 0.2) is 0 Å². The van der Waals surface area contributed by atoms with Gasteiger partial charge in [0.25, 0.3) is 0 Å². The first-order chi connectivity index (χ1) is 20.6. The minimum absolute atomic E-state index is 0.0465. The molecule has 0 nitrogen and oxygen atoms in total. The summed E-state index contributed by atoms with van der Waals surface area (Å²) in [6.45, 7) is 0. The van der Waals surface area contributed by atoms with E-state index in [1.165, 1.54) is 34.0 Å². The number of hydrogen-bond acceptors (Lipinski definition) is 0. The third kappa shape index (κ3) is 13.1. The predicted octanol–water partition coefficient (Wildman–Crippen LogP) is 14.5.